The molecule has 0 amide bonds. The van der Waals surface area contributed by atoms with Crippen LogP contribution in [0.15, 0.2) is 12.2 Å². The third-order valence-electron chi connectivity index (χ3n) is 8.65. The van der Waals surface area contributed by atoms with Crippen LogP contribution in [0.2, 0.25) is 0 Å². The van der Waals surface area contributed by atoms with Gasteiger partial charge in [0.25, 0.3) is 0 Å². The molecule has 0 aromatic carbocycles. The molecule has 0 aromatic rings. The van der Waals surface area contributed by atoms with E-state index < -0.39 is 49.4 Å². The van der Waals surface area contributed by atoms with Crippen molar-refractivity contribution in [3.05, 3.63) is 12.2 Å². The Balaban J connectivity index is 2.39. The van der Waals surface area contributed by atoms with Gasteiger partial charge >= 0.3 is 11.9 Å². The maximum absolute atomic E-state index is 12.6. The standard InChI is InChI=1S/C37H68O10/c1-3-5-7-9-11-12-13-14-15-16-17-18-20-22-24-26-33(40)46-30(28-44-32(39)25-23-21-19-10-8-6-4-2)29-45-37-36(43)35(42)34(41)31(27-38)47-37/h14-15,30-31,34-38,41-43H,3-13,16-29H2,1-2H3/b15-14+/t30?,31-,34-,35+,36-,37-/m1/s1. The van der Waals surface area contributed by atoms with Crippen molar-refractivity contribution < 1.29 is 49.0 Å². The van der Waals surface area contributed by atoms with Crippen LogP contribution in [0, 0.1) is 0 Å². The van der Waals surface area contributed by atoms with E-state index in [1.807, 2.05) is 0 Å². The SMILES string of the molecule is CCCCCCCC/C=C/CCCCCCCC(=O)OC(COC(=O)CCCCCCCCC)CO[C@@H]1O[C@H](CO)[C@@H](O)[C@H](O)[C@H]1O. The molecule has 0 radical (unpaired) electrons. The number of aliphatic hydroxyl groups is 4. The molecule has 1 fully saturated rings. The summed E-state index contributed by atoms with van der Waals surface area (Å²) in [5.74, 6) is -0.821. The fourth-order valence-corrected chi connectivity index (χ4v) is 5.59. The fraction of sp³-hybridized carbons (Fsp3) is 0.892. The molecule has 0 aliphatic carbocycles. The van der Waals surface area contributed by atoms with Crippen LogP contribution in [0.5, 0.6) is 0 Å². The van der Waals surface area contributed by atoms with Gasteiger partial charge in [0.1, 0.15) is 31.0 Å². The summed E-state index contributed by atoms with van der Waals surface area (Å²) in [5.41, 5.74) is 0. The van der Waals surface area contributed by atoms with Crippen LogP contribution in [-0.2, 0) is 28.5 Å². The van der Waals surface area contributed by atoms with E-state index in [4.69, 9.17) is 18.9 Å². The zero-order valence-corrected chi connectivity index (χ0v) is 29.5. The minimum atomic E-state index is -1.59. The maximum Gasteiger partial charge on any atom is 0.306 e. The van der Waals surface area contributed by atoms with Gasteiger partial charge in [-0.05, 0) is 38.5 Å². The Hall–Kier alpha value is -1.56. The Bertz CT molecular complexity index is 789. The molecule has 0 spiro atoms. The van der Waals surface area contributed by atoms with Gasteiger partial charge in [-0.25, -0.2) is 0 Å². The molecule has 4 N–H and O–H groups in total. The molecule has 1 heterocycles. The molecule has 1 aliphatic rings. The van der Waals surface area contributed by atoms with E-state index in [1.54, 1.807) is 0 Å². The number of esters is 2. The van der Waals surface area contributed by atoms with Crippen molar-refractivity contribution in [1.29, 1.82) is 0 Å². The number of carbonyl (C=O) groups excluding carboxylic acids is 2. The highest BCUT2D eigenvalue weighted by molar-refractivity contribution is 5.70. The number of allylic oxidation sites excluding steroid dienone is 2. The molecule has 47 heavy (non-hydrogen) atoms. The second-order valence-electron chi connectivity index (χ2n) is 13.0. The molecule has 0 bridgehead atoms. The predicted octanol–water partition coefficient (Wildman–Crippen LogP) is 6.44. The normalized spacial score (nSPS) is 22.0. The lowest BCUT2D eigenvalue weighted by Gasteiger charge is -2.39. The summed E-state index contributed by atoms with van der Waals surface area (Å²) in [6.45, 7) is 3.34. The number of hydrogen-bond donors (Lipinski definition) is 4. The third-order valence-corrected chi connectivity index (χ3v) is 8.65. The highest BCUT2D eigenvalue weighted by Crippen LogP contribution is 2.22. The Labute approximate surface area is 284 Å². The van der Waals surface area contributed by atoms with Crippen molar-refractivity contribution in [3.8, 4) is 0 Å². The van der Waals surface area contributed by atoms with Crippen LogP contribution in [0.1, 0.15) is 155 Å². The van der Waals surface area contributed by atoms with Crippen molar-refractivity contribution in [2.24, 2.45) is 0 Å². The zero-order chi connectivity index (χ0) is 34.5. The van der Waals surface area contributed by atoms with Crippen LogP contribution in [-0.4, -0.2) is 89.0 Å². The number of hydrogen-bond acceptors (Lipinski definition) is 10. The van der Waals surface area contributed by atoms with Crippen LogP contribution in [0.4, 0.5) is 0 Å². The lowest BCUT2D eigenvalue weighted by atomic mass is 9.99. The molecule has 0 saturated carbocycles. The summed E-state index contributed by atoms with van der Waals surface area (Å²) in [6, 6.07) is 0. The molecule has 1 unspecified atom stereocenters. The Kier molecular flexibility index (Phi) is 27.2. The fourth-order valence-electron chi connectivity index (χ4n) is 5.59. The first-order valence-corrected chi connectivity index (χ1v) is 18.8. The highest BCUT2D eigenvalue weighted by Gasteiger charge is 2.44. The minimum Gasteiger partial charge on any atom is -0.462 e. The first kappa shape index (κ1) is 43.5. The molecule has 1 rings (SSSR count). The second kappa shape index (κ2) is 29.4. The summed E-state index contributed by atoms with van der Waals surface area (Å²) in [6.07, 6.45) is 19.6. The maximum atomic E-state index is 12.6. The van der Waals surface area contributed by atoms with Crippen molar-refractivity contribution in [3.63, 3.8) is 0 Å². The van der Waals surface area contributed by atoms with Crippen molar-refractivity contribution in [1.82, 2.24) is 0 Å². The van der Waals surface area contributed by atoms with E-state index in [9.17, 15) is 30.0 Å². The summed E-state index contributed by atoms with van der Waals surface area (Å²) in [4.78, 5) is 25.0. The average molecular weight is 673 g/mol. The van der Waals surface area contributed by atoms with E-state index in [1.165, 1.54) is 64.2 Å². The van der Waals surface area contributed by atoms with E-state index in [0.717, 1.165) is 57.8 Å². The van der Waals surface area contributed by atoms with Crippen molar-refractivity contribution in [2.75, 3.05) is 19.8 Å². The Morgan fingerprint density at radius 2 is 1.13 bits per heavy atom. The van der Waals surface area contributed by atoms with Gasteiger partial charge in [0.05, 0.1) is 13.2 Å². The second-order valence-corrected chi connectivity index (χ2v) is 13.0. The van der Waals surface area contributed by atoms with Crippen LogP contribution >= 0.6 is 0 Å². The topological polar surface area (TPSA) is 152 Å². The average Bonchev–Trinajstić information content (AvgIpc) is 3.06. The first-order chi connectivity index (χ1) is 22.8. The number of rotatable bonds is 30. The van der Waals surface area contributed by atoms with Gasteiger partial charge in [0.2, 0.25) is 0 Å². The van der Waals surface area contributed by atoms with Gasteiger partial charge in [-0.15, -0.1) is 0 Å². The smallest absolute Gasteiger partial charge is 0.306 e. The van der Waals surface area contributed by atoms with Crippen molar-refractivity contribution in [2.45, 2.75) is 192 Å². The van der Waals surface area contributed by atoms with Crippen LogP contribution in [0.25, 0.3) is 0 Å². The lowest BCUT2D eigenvalue weighted by Crippen LogP contribution is -2.59. The largest absolute Gasteiger partial charge is 0.462 e. The van der Waals surface area contributed by atoms with E-state index in [0.29, 0.717) is 6.42 Å². The molecular weight excluding hydrogens is 604 g/mol. The zero-order valence-electron chi connectivity index (χ0n) is 29.5. The monoisotopic (exact) mass is 672 g/mol. The lowest BCUT2D eigenvalue weighted by molar-refractivity contribution is -0.305. The molecule has 276 valence electrons. The van der Waals surface area contributed by atoms with Gasteiger partial charge in [-0.2, -0.15) is 0 Å². The van der Waals surface area contributed by atoms with E-state index in [2.05, 4.69) is 26.0 Å². The summed E-state index contributed by atoms with van der Waals surface area (Å²) >= 11 is 0. The number of aliphatic hydroxyl groups excluding tert-OH is 4. The van der Waals surface area contributed by atoms with Gasteiger partial charge in [-0.3, -0.25) is 9.59 Å². The Morgan fingerprint density at radius 1 is 0.638 bits per heavy atom. The molecule has 10 heteroatoms. The number of carbonyl (C=O) groups is 2. The van der Waals surface area contributed by atoms with Crippen LogP contribution < -0.4 is 0 Å². The van der Waals surface area contributed by atoms with Crippen molar-refractivity contribution >= 4 is 11.9 Å². The highest BCUT2D eigenvalue weighted by atomic mass is 16.7. The molecule has 1 aliphatic heterocycles. The summed E-state index contributed by atoms with van der Waals surface area (Å²) in [5, 5.41) is 39.8. The molecular formula is C37H68O10. The van der Waals surface area contributed by atoms with Crippen LogP contribution in [0.3, 0.4) is 0 Å². The summed E-state index contributed by atoms with van der Waals surface area (Å²) < 4.78 is 22.0. The predicted molar refractivity (Wildman–Crippen MR) is 183 cm³/mol. The minimum absolute atomic E-state index is 0.217. The Morgan fingerprint density at radius 3 is 1.66 bits per heavy atom. The van der Waals surface area contributed by atoms with E-state index >= 15 is 0 Å². The van der Waals surface area contributed by atoms with Gasteiger partial charge in [-0.1, -0.05) is 116 Å². The quantitative estimate of drug-likeness (QED) is 0.0381. The number of ether oxygens (including phenoxy) is 4. The number of unbranched alkanes of at least 4 members (excludes halogenated alkanes) is 17. The first-order valence-electron chi connectivity index (χ1n) is 18.8. The van der Waals surface area contributed by atoms with Gasteiger partial charge < -0.3 is 39.4 Å². The summed E-state index contributed by atoms with van der Waals surface area (Å²) in [7, 11) is 0. The third kappa shape index (κ3) is 21.9. The van der Waals surface area contributed by atoms with Gasteiger partial charge in [0, 0.05) is 12.8 Å². The van der Waals surface area contributed by atoms with E-state index in [-0.39, 0.29) is 32.0 Å². The molecule has 1 saturated heterocycles. The molecule has 0 aromatic heterocycles. The molecule has 10 nitrogen and oxygen atoms in total. The van der Waals surface area contributed by atoms with Gasteiger partial charge in [0.15, 0.2) is 12.4 Å². The molecule has 6 atom stereocenters.